The van der Waals surface area contributed by atoms with Crippen LogP contribution in [-0.4, -0.2) is 13.1 Å². The fourth-order valence-corrected chi connectivity index (χ4v) is 4.37. The van der Waals surface area contributed by atoms with Gasteiger partial charge in [0.2, 0.25) is 0 Å². The highest BCUT2D eigenvalue weighted by molar-refractivity contribution is 9.10. The van der Waals surface area contributed by atoms with Gasteiger partial charge < -0.3 is 4.90 Å². The minimum atomic E-state index is 0.601. The van der Waals surface area contributed by atoms with E-state index in [1.54, 1.807) is 0 Å². The first kappa shape index (κ1) is 13.8. The van der Waals surface area contributed by atoms with Crippen LogP contribution in [-0.2, 0) is 5.88 Å². The van der Waals surface area contributed by atoms with Crippen molar-refractivity contribution in [1.82, 2.24) is 0 Å². The maximum atomic E-state index is 6.08. The highest BCUT2D eigenvalue weighted by Gasteiger charge is 2.37. The van der Waals surface area contributed by atoms with Crippen LogP contribution in [0.15, 0.2) is 22.7 Å². The monoisotopic (exact) mass is 341 g/mol. The number of halogens is 2. The average molecular weight is 343 g/mol. The Morgan fingerprint density at radius 3 is 2.42 bits per heavy atom. The molecule has 1 saturated carbocycles. The van der Waals surface area contributed by atoms with Crippen LogP contribution in [0, 0.1) is 5.41 Å². The zero-order chi connectivity index (χ0) is 13.3. The van der Waals surface area contributed by atoms with E-state index in [2.05, 4.69) is 39.0 Å². The molecule has 1 spiro atoms. The topological polar surface area (TPSA) is 3.24 Å². The van der Waals surface area contributed by atoms with Crippen LogP contribution in [0.2, 0.25) is 0 Å². The standard InChI is InChI=1S/C16H21BrClN/c17-14-4-3-13(12-18)15(11-14)19-9-7-16(8-10-19)5-1-2-6-16/h3-4,11H,1-2,5-10,12H2. The minimum absolute atomic E-state index is 0.601. The lowest BCUT2D eigenvalue weighted by atomic mass is 9.77. The summed E-state index contributed by atoms with van der Waals surface area (Å²) in [6.45, 7) is 2.39. The Kier molecular flexibility index (Phi) is 4.09. The van der Waals surface area contributed by atoms with E-state index in [4.69, 9.17) is 11.6 Å². The van der Waals surface area contributed by atoms with Crippen molar-refractivity contribution in [2.24, 2.45) is 5.41 Å². The number of rotatable bonds is 2. The second-order valence-corrected chi connectivity index (χ2v) is 7.28. The van der Waals surface area contributed by atoms with Gasteiger partial charge in [0.25, 0.3) is 0 Å². The van der Waals surface area contributed by atoms with E-state index in [0.29, 0.717) is 11.3 Å². The van der Waals surface area contributed by atoms with Crippen LogP contribution in [0.25, 0.3) is 0 Å². The molecule has 0 unspecified atom stereocenters. The van der Waals surface area contributed by atoms with E-state index in [1.807, 2.05) is 0 Å². The Morgan fingerprint density at radius 2 is 1.79 bits per heavy atom. The number of hydrogen-bond acceptors (Lipinski definition) is 1. The van der Waals surface area contributed by atoms with Crippen LogP contribution in [0.4, 0.5) is 5.69 Å². The van der Waals surface area contributed by atoms with Gasteiger partial charge in [0.15, 0.2) is 0 Å². The third-order valence-electron chi connectivity index (χ3n) is 5.02. The number of alkyl halides is 1. The Labute approximate surface area is 129 Å². The SMILES string of the molecule is ClCc1ccc(Br)cc1N1CCC2(CCCC2)CC1. The lowest BCUT2D eigenvalue weighted by Crippen LogP contribution is -2.39. The molecule has 3 heteroatoms. The number of piperidine rings is 1. The molecule has 2 fully saturated rings. The molecule has 1 heterocycles. The fourth-order valence-electron chi connectivity index (χ4n) is 3.79. The molecular weight excluding hydrogens is 322 g/mol. The highest BCUT2D eigenvalue weighted by Crippen LogP contribution is 2.47. The predicted molar refractivity (Wildman–Crippen MR) is 86.0 cm³/mol. The summed E-state index contributed by atoms with van der Waals surface area (Å²) in [5.41, 5.74) is 3.27. The van der Waals surface area contributed by atoms with Gasteiger partial charge in [-0.05, 0) is 48.8 Å². The van der Waals surface area contributed by atoms with Crippen LogP contribution >= 0.6 is 27.5 Å². The molecule has 3 rings (SSSR count). The van der Waals surface area contributed by atoms with Crippen molar-refractivity contribution < 1.29 is 0 Å². The van der Waals surface area contributed by atoms with Gasteiger partial charge in [0.05, 0.1) is 0 Å². The van der Waals surface area contributed by atoms with Gasteiger partial charge in [-0.3, -0.25) is 0 Å². The highest BCUT2D eigenvalue weighted by atomic mass is 79.9. The Hall–Kier alpha value is -0.210. The fraction of sp³-hybridized carbons (Fsp3) is 0.625. The van der Waals surface area contributed by atoms with Gasteiger partial charge in [-0.25, -0.2) is 0 Å². The first-order valence-electron chi connectivity index (χ1n) is 7.32. The molecule has 1 aliphatic heterocycles. The van der Waals surface area contributed by atoms with Gasteiger partial charge >= 0.3 is 0 Å². The van der Waals surface area contributed by atoms with E-state index in [0.717, 1.165) is 4.47 Å². The maximum Gasteiger partial charge on any atom is 0.0494 e. The number of benzene rings is 1. The molecule has 0 radical (unpaired) electrons. The summed E-state index contributed by atoms with van der Waals surface area (Å²) in [5.74, 6) is 0.601. The zero-order valence-electron chi connectivity index (χ0n) is 11.3. The Balaban J connectivity index is 1.76. The summed E-state index contributed by atoms with van der Waals surface area (Å²) in [6.07, 6.45) is 8.54. The lowest BCUT2D eigenvalue weighted by molar-refractivity contribution is 0.226. The molecule has 104 valence electrons. The molecule has 19 heavy (non-hydrogen) atoms. The van der Waals surface area contributed by atoms with Crippen molar-refractivity contribution >= 4 is 33.2 Å². The van der Waals surface area contributed by atoms with Crippen LogP contribution in [0.1, 0.15) is 44.1 Å². The summed E-state index contributed by atoms with van der Waals surface area (Å²) < 4.78 is 1.15. The molecule has 0 N–H and O–H groups in total. The van der Waals surface area contributed by atoms with Crippen molar-refractivity contribution in [3.05, 3.63) is 28.2 Å². The van der Waals surface area contributed by atoms with Gasteiger partial charge in [0.1, 0.15) is 0 Å². The van der Waals surface area contributed by atoms with Gasteiger partial charge in [-0.15, -0.1) is 11.6 Å². The first-order chi connectivity index (χ1) is 9.22. The normalized spacial score (nSPS) is 22.1. The summed E-state index contributed by atoms with van der Waals surface area (Å²) in [6, 6.07) is 6.46. The molecule has 1 nitrogen and oxygen atoms in total. The van der Waals surface area contributed by atoms with E-state index in [-0.39, 0.29) is 0 Å². The van der Waals surface area contributed by atoms with E-state index >= 15 is 0 Å². The third-order valence-corrected chi connectivity index (χ3v) is 5.80. The molecule has 1 aromatic rings. The van der Waals surface area contributed by atoms with E-state index in [1.165, 1.54) is 62.9 Å². The van der Waals surface area contributed by atoms with E-state index in [9.17, 15) is 0 Å². The lowest BCUT2D eigenvalue weighted by Gasteiger charge is -2.41. The Bertz CT molecular complexity index is 444. The van der Waals surface area contributed by atoms with Crippen molar-refractivity contribution in [2.45, 2.75) is 44.4 Å². The van der Waals surface area contributed by atoms with Crippen LogP contribution < -0.4 is 4.90 Å². The number of anilines is 1. The predicted octanol–water partition coefficient (Wildman–Crippen LogP) is 5.35. The molecule has 0 atom stereocenters. The largest absolute Gasteiger partial charge is 0.371 e. The molecule has 1 saturated heterocycles. The second kappa shape index (κ2) is 5.65. The first-order valence-corrected chi connectivity index (χ1v) is 8.65. The molecule has 1 aliphatic carbocycles. The van der Waals surface area contributed by atoms with E-state index < -0.39 is 0 Å². The van der Waals surface area contributed by atoms with Gasteiger partial charge in [-0.2, -0.15) is 0 Å². The van der Waals surface area contributed by atoms with Crippen molar-refractivity contribution in [3.63, 3.8) is 0 Å². The van der Waals surface area contributed by atoms with Crippen molar-refractivity contribution in [3.8, 4) is 0 Å². The number of nitrogens with zero attached hydrogens (tertiary/aromatic N) is 1. The quantitative estimate of drug-likeness (QED) is 0.655. The Morgan fingerprint density at radius 1 is 1.11 bits per heavy atom. The summed E-state index contributed by atoms with van der Waals surface area (Å²) in [5, 5.41) is 0. The molecule has 1 aromatic carbocycles. The summed E-state index contributed by atoms with van der Waals surface area (Å²) in [4.78, 5) is 2.53. The van der Waals surface area contributed by atoms with Crippen LogP contribution in [0.3, 0.4) is 0 Å². The van der Waals surface area contributed by atoms with Crippen molar-refractivity contribution in [2.75, 3.05) is 18.0 Å². The number of hydrogen-bond donors (Lipinski definition) is 0. The average Bonchev–Trinajstić information content (AvgIpc) is 2.88. The van der Waals surface area contributed by atoms with Gasteiger partial charge in [-0.1, -0.05) is 34.8 Å². The molecule has 0 amide bonds. The molecule has 0 bridgehead atoms. The molecule has 0 aromatic heterocycles. The maximum absolute atomic E-state index is 6.08. The third kappa shape index (κ3) is 2.80. The molecule has 2 aliphatic rings. The summed E-state index contributed by atoms with van der Waals surface area (Å²) in [7, 11) is 0. The summed E-state index contributed by atoms with van der Waals surface area (Å²) >= 11 is 9.66. The second-order valence-electron chi connectivity index (χ2n) is 6.10. The van der Waals surface area contributed by atoms with Gasteiger partial charge in [0, 0.05) is 29.1 Å². The van der Waals surface area contributed by atoms with Crippen LogP contribution in [0.5, 0.6) is 0 Å². The van der Waals surface area contributed by atoms with Crippen molar-refractivity contribution in [1.29, 1.82) is 0 Å². The molecular formula is C16H21BrClN. The minimum Gasteiger partial charge on any atom is -0.371 e. The zero-order valence-corrected chi connectivity index (χ0v) is 13.6. The smallest absolute Gasteiger partial charge is 0.0494 e.